The van der Waals surface area contributed by atoms with Gasteiger partial charge in [0, 0.05) is 24.1 Å². The number of rotatable bonds is 6. The maximum atomic E-state index is 13.1. The average Bonchev–Trinajstić information content (AvgIpc) is 3.15. The molecule has 162 valence electrons. The molecule has 6 nitrogen and oxygen atoms in total. The molecule has 2 aromatic rings. The van der Waals surface area contributed by atoms with Crippen molar-refractivity contribution in [3.63, 3.8) is 0 Å². The van der Waals surface area contributed by atoms with Gasteiger partial charge in [0.2, 0.25) is 0 Å². The second kappa shape index (κ2) is 8.75. The Hall–Kier alpha value is -1.80. The molecule has 1 fully saturated rings. The molecule has 0 bridgehead atoms. The van der Waals surface area contributed by atoms with Gasteiger partial charge in [0.25, 0.3) is 16.0 Å². The zero-order valence-electron chi connectivity index (χ0n) is 16.6. The quantitative estimate of drug-likeness (QED) is 0.628. The first-order valence-electron chi connectivity index (χ1n) is 9.47. The van der Waals surface area contributed by atoms with E-state index in [0.29, 0.717) is 34.9 Å². The summed E-state index contributed by atoms with van der Waals surface area (Å²) >= 11 is 12.3. The predicted molar refractivity (Wildman–Crippen MR) is 117 cm³/mol. The topological polar surface area (TPSA) is 83.9 Å². The Bertz CT molecular complexity index is 1060. The number of benzene rings is 2. The Morgan fingerprint density at radius 3 is 2.57 bits per heavy atom. The van der Waals surface area contributed by atoms with Gasteiger partial charge >= 0.3 is 0 Å². The molecule has 3 rings (SSSR count). The smallest absolute Gasteiger partial charge is 0.268 e. The van der Waals surface area contributed by atoms with Crippen molar-refractivity contribution in [2.24, 2.45) is 0 Å². The molecule has 0 aromatic heterocycles. The molecule has 9 heteroatoms. The maximum Gasteiger partial charge on any atom is 0.268 e. The summed E-state index contributed by atoms with van der Waals surface area (Å²) in [6, 6.07) is 11.7. The number of hydrogen-bond acceptors (Lipinski definition) is 4. The maximum absolute atomic E-state index is 13.1. The number of methoxy groups -OCH3 is 1. The number of ether oxygens (including phenoxy) is 1. The van der Waals surface area contributed by atoms with Gasteiger partial charge in [-0.1, -0.05) is 42.3 Å². The summed E-state index contributed by atoms with van der Waals surface area (Å²) in [4.78, 5) is 14.7. The number of nitrogens with zero attached hydrogens (tertiary/aromatic N) is 1. The molecule has 0 spiro atoms. The number of amides is 1. The van der Waals surface area contributed by atoms with Crippen LogP contribution in [-0.2, 0) is 15.5 Å². The molecule has 1 saturated heterocycles. The molecule has 2 unspecified atom stereocenters. The van der Waals surface area contributed by atoms with Crippen molar-refractivity contribution in [1.82, 2.24) is 4.90 Å². The number of halogens is 2. The van der Waals surface area contributed by atoms with Crippen molar-refractivity contribution in [2.75, 3.05) is 20.2 Å². The Labute approximate surface area is 186 Å². The Morgan fingerprint density at radius 2 is 1.97 bits per heavy atom. The summed E-state index contributed by atoms with van der Waals surface area (Å²) in [5, 5.41) is -0.459. The Balaban J connectivity index is 2.04. The number of carbonyl (C=O) groups is 1. The lowest BCUT2D eigenvalue weighted by molar-refractivity contribution is 0.0781. The third-order valence-electron chi connectivity index (χ3n) is 5.75. The van der Waals surface area contributed by atoms with Crippen LogP contribution >= 0.6 is 23.2 Å². The van der Waals surface area contributed by atoms with Gasteiger partial charge in [-0.15, -0.1) is 0 Å². The zero-order chi connectivity index (χ0) is 22.1. The van der Waals surface area contributed by atoms with Crippen LogP contribution in [0.25, 0.3) is 0 Å². The molecule has 1 N–H and O–H groups in total. The summed E-state index contributed by atoms with van der Waals surface area (Å²) in [5.41, 5.74) is 0.0620. The Kier molecular flexibility index (Phi) is 6.67. The summed E-state index contributed by atoms with van der Waals surface area (Å²) in [5.74, 6) is 0.321. The van der Waals surface area contributed by atoms with Gasteiger partial charge in [0.15, 0.2) is 0 Å². The van der Waals surface area contributed by atoms with Gasteiger partial charge in [0.1, 0.15) is 5.75 Å². The van der Waals surface area contributed by atoms with Crippen molar-refractivity contribution < 1.29 is 22.5 Å². The number of carbonyl (C=O) groups excluding carboxylic acids is 1. The number of hydrogen-bond donors (Lipinski definition) is 1. The lowest BCUT2D eigenvalue weighted by atomic mass is 9.75. The van der Waals surface area contributed by atoms with E-state index in [-0.39, 0.29) is 23.9 Å². The highest BCUT2D eigenvalue weighted by molar-refractivity contribution is 7.86. The normalized spacial score (nSPS) is 20.2. The van der Waals surface area contributed by atoms with E-state index in [0.717, 1.165) is 0 Å². The molecule has 0 aliphatic carbocycles. The van der Waals surface area contributed by atoms with E-state index in [1.807, 2.05) is 0 Å². The van der Waals surface area contributed by atoms with Gasteiger partial charge in [0.05, 0.1) is 22.4 Å². The van der Waals surface area contributed by atoms with Crippen LogP contribution in [0.3, 0.4) is 0 Å². The van der Waals surface area contributed by atoms with Gasteiger partial charge in [-0.05, 0) is 48.7 Å². The van der Waals surface area contributed by atoms with Crippen LogP contribution in [0.5, 0.6) is 5.75 Å². The first kappa shape index (κ1) is 22.9. The fraction of sp³-hybridized carbons (Fsp3) is 0.381. The van der Waals surface area contributed by atoms with Gasteiger partial charge in [-0.2, -0.15) is 8.42 Å². The third kappa shape index (κ3) is 4.30. The predicted octanol–water partition coefficient (Wildman–Crippen LogP) is 4.45. The van der Waals surface area contributed by atoms with Crippen molar-refractivity contribution in [3.8, 4) is 5.75 Å². The van der Waals surface area contributed by atoms with Crippen LogP contribution < -0.4 is 4.74 Å². The van der Waals surface area contributed by atoms with Crippen LogP contribution in [-0.4, -0.2) is 49.2 Å². The van der Waals surface area contributed by atoms with E-state index in [2.05, 4.69) is 0 Å². The van der Waals surface area contributed by atoms with E-state index < -0.39 is 20.8 Å². The lowest BCUT2D eigenvalue weighted by Crippen LogP contribution is -2.47. The monoisotopic (exact) mass is 471 g/mol. The summed E-state index contributed by atoms with van der Waals surface area (Å²) in [7, 11) is -2.87. The molecule has 1 heterocycles. The summed E-state index contributed by atoms with van der Waals surface area (Å²) in [6.45, 7) is 2.16. The molecule has 1 aliphatic heterocycles. The highest BCUT2D eigenvalue weighted by atomic mass is 35.5. The first-order valence-corrected chi connectivity index (χ1v) is 11.7. The fourth-order valence-corrected chi connectivity index (χ4v) is 5.94. The van der Waals surface area contributed by atoms with Crippen molar-refractivity contribution in [1.29, 1.82) is 0 Å². The van der Waals surface area contributed by atoms with Crippen molar-refractivity contribution >= 4 is 39.2 Å². The van der Waals surface area contributed by atoms with Gasteiger partial charge < -0.3 is 9.64 Å². The van der Waals surface area contributed by atoms with E-state index >= 15 is 0 Å². The average molecular weight is 472 g/mol. The molecule has 2 aromatic carbocycles. The summed E-state index contributed by atoms with van der Waals surface area (Å²) in [6.07, 6.45) is 0.541. The van der Waals surface area contributed by atoms with E-state index in [1.54, 1.807) is 54.3 Å². The Morgan fingerprint density at radius 1 is 1.23 bits per heavy atom. The minimum Gasteiger partial charge on any atom is -0.497 e. The zero-order valence-corrected chi connectivity index (χ0v) is 19.0. The van der Waals surface area contributed by atoms with Crippen LogP contribution in [0.1, 0.15) is 35.7 Å². The molecule has 1 amide bonds. The standard InChI is InChI=1S/C21H23Cl2NO5S/c1-3-19(30(26,27)28)21(15-7-8-17(22)18(23)12-15)9-10-24(13-21)20(25)14-5-4-6-16(11-14)29-2/h4-8,11-12,19H,3,9-10,13H2,1-2H3,(H,26,27,28). The van der Waals surface area contributed by atoms with Crippen LogP contribution in [0.2, 0.25) is 10.0 Å². The van der Waals surface area contributed by atoms with Crippen molar-refractivity contribution in [3.05, 3.63) is 63.6 Å². The number of likely N-dealkylation sites (tertiary alicyclic amines) is 1. The summed E-state index contributed by atoms with van der Waals surface area (Å²) < 4.78 is 39.8. The van der Waals surface area contributed by atoms with E-state index in [9.17, 15) is 17.8 Å². The molecule has 2 atom stereocenters. The molecule has 0 saturated carbocycles. The molecule has 0 radical (unpaired) electrons. The molecule has 1 aliphatic rings. The molecular weight excluding hydrogens is 449 g/mol. The second-order valence-electron chi connectivity index (χ2n) is 7.41. The fourth-order valence-electron chi connectivity index (χ4n) is 4.32. The highest BCUT2D eigenvalue weighted by Gasteiger charge is 2.51. The third-order valence-corrected chi connectivity index (χ3v) is 7.99. The SMILES string of the molecule is CCC(C1(c2ccc(Cl)c(Cl)c2)CCN(C(=O)c2cccc(OC)c2)C1)S(=O)(=O)O. The minimum absolute atomic E-state index is 0.124. The second-order valence-corrected chi connectivity index (χ2v) is 9.82. The van der Waals surface area contributed by atoms with Crippen molar-refractivity contribution in [2.45, 2.75) is 30.4 Å². The van der Waals surface area contributed by atoms with Crippen LogP contribution in [0.4, 0.5) is 0 Å². The van der Waals surface area contributed by atoms with Crippen LogP contribution in [0.15, 0.2) is 42.5 Å². The van der Waals surface area contributed by atoms with E-state index in [4.69, 9.17) is 27.9 Å². The molecular formula is C21H23Cl2NO5S. The first-order chi connectivity index (χ1) is 14.1. The van der Waals surface area contributed by atoms with Gasteiger partial charge in [-0.3, -0.25) is 9.35 Å². The highest BCUT2D eigenvalue weighted by Crippen LogP contribution is 2.43. The lowest BCUT2D eigenvalue weighted by Gasteiger charge is -2.36. The largest absolute Gasteiger partial charge is 0.497 e. The van der Waals surface area contributed by atoms with Gasteiger partial charge in [-0.25, -0.2) is 0 Å². The van der Waals surface area contributed by atoms with E-state index in [1.165, 1.54) is 7.11 Å². The van der Waals surface area contributed by atoms with Crippen LogP contribution in [0, 0.1) is 0 Å². The molecule has 30 heavy (non-hydrogen) atoms. The minimum atomic E-state index is -4.39.